The number of carbonyl (C=O) groups is 2. The molecule has 1 fully saturated rings. The van der Waals surface area contributed by atoms with Gasteiger partial charge in [0.15, 0.2) is 5.69 Å². The third kappa shape index (κ3) is 4.91. The molecule has 15 heteroatoms. The van der Waals surface area contributed by atoms with E-state index in [0.29, 0.717) is 18.5 Å². The number of amides is 2. The first-order chi connectivity index (χ1) is 18.0. The standard InChI is InChI=1S/C23H17BrF5N5O3S/c24-15-17(9-3-4-9)34(33-19(15)23(27,28)29)6-5-13(35)32-16-14-10(12-2-1-7-37-12)8-11(20(25)26)31-22(14)38-18(16)21(30)36/h1-2,7-9,20H,3-6H2,(H2,30,36)(H,32,35). The van der Waals surface area contributed by atoms with Crippen LogP contribution < -0.4 is 11.1 Å². The number of aromatic nitrogens is 3. The molecule has 1 saturated carbocycles. The Hall–Kier alpha value is -3.33. The van der Waals surface area contributed by atoms with Crippen LogP contribution in [0.15, 0.2) is 33.4 Å². The van der Waals surface area contributed by atoms with Crippen LogP contribution in [0.2, 0.25) is 0 Å². The van der Waals surface area contributed by atoms with Crippen LogP contribution in [0.5, 0.6) is 0 Å². The molecular weight excluding hydrogens is 601 g/mol. The average Bonchev–Trinajstić information content (AvgIpc) is 3.25. The number of furan rings is 1. The number of aryl methyl sites for hydroxylation is 1. The van der Waals surface area contributed by atoms with E-state index >= 15 is 0 Å². The van der Waals surface area contributed by atoms with Gasteiger partial charge in [-0.3, -0.25) is 14.3 Å². The predicted octanol–water partition coefficient (Wildman–Crippen LogP) is 6.48. The molecule has 0 aromatic carbocycles. The number of hydrogen-bond acceptors (Lipinski definition) is 6. The summed E-state index contributed by atoms with van der Waals surface area (Å²) < 4.78 is 73.6. The number of primary amides is 1. The topological polar surface area (TPSA) is 116 Å². The van der Waals surface area contributed by atoms with Gasteiger partial charge in [0.1, 0.15) is 21.2 Å². The van der Waals surface area contributed by atoms with E-state index in [1.54, 1.807) is 0 Å². The van der Waals surface area contributed by atoms with Crippen molar-refractivity contribution in [3.05, 3.63) is 50.9 Å². The zero-order valence-electron chi connectivity index (χ0n) is 19.1. The Morgan fingerprint density at radius 3 is 2.63 bits per heavy atom. The van der Waals surface area contributed by atoms with Crippen LogP contribution in [0.25, 0.3) is 21.5 Å². The quantitative estimate of drug-likeness (QED) is 0.220. The minimum Gasteiger partial charge on any atom is -0.464 e. The lowest BCUT2D eigenvalue weighted by Crippen LogP contribution is -2.19. The van der Waals surface area contributed by atoms with Crippen LogP contribution in [0.1, 0.15) is 58.4 Å². The Bertz CT molecular complexity index is 1540. The highest BCUT2D eigenvalue weighted by atomic mass is 79.9. The molecule has 0 radical (unpaired) electrons. The number of hydrogen-bond donors (Lipinski definition) is 2. The predicted molar refractivity (Wildman–Crippen MR) is 131 cm³/mol. The lowest BCUT2D eigenvalue weighted by molar-refractivity contribution is -0.142. The maximum atomic E-state index is 13.5. The van der Waals surface area contributed by atoms with Crippen molar-refractivity contribution < 1.29 is 36.0 Å². The Labute approximate surface area is 223 Å². The molecule has 2 amide bonds. The number of rotatable bonds is 8. The van der Waals surface area contributed by atoms with Gasteiger partial charge in [-0.25, -0.2) is 13.8 Å². The van der Waals surface area contributed by atoms with Crippen LogP contribution in [0, 0.1) is 0 Å². The second kappa shape index (κ2) is 9.76. The van der Waals surface area contributed by atoms with Gasteiger partial charge in [0.05, 0.1) is 28.7 Å². The smallest absolute Gasteiger partial charge is 0.436 e. The monoisotopic (exact) mass is 617 g/mol. The summed E-state index contributed by atoms with van der Waals surface area (Å²) in [6.07, 6.45) is -5.13. The molecule has 3 N–H and O–H groups in total. The summed E-state index contributed by atoms with van der Waals surface area (Å²) in [6, 6.07) is 4.16. The third-order valence-electron chi connectivity index (χ3n) is 5.90. The van der Waals surface area contributed by atoms with Crippen molar-refractivity contribution in [1.29, 1.82) is 0 Å². The van der Waals surface area contributed by atoms with E-state index in [0.717, 1.165) is 22.1 Å². The molecule has 8 nitrogen and oxygen atoms in total. The van der Waals surface area contributed by atoms with E-state index in [2.05, 4.69) is 31.3 Å². The fourth-order valence-electron chi connectivity index (χ4n) is 4.11. The maximum absolute atomic E-state index is 13.5. The van der Waals surface area contributed by atoms with Crippen LogP contribution in [-0.2, 0) is 17.5 Å². The van der Waals surface area contributed by atoms with E-state index < -0.39 is 35.8 Å². The number of alkyl halides is 5. The van der Waals surface area contributed by atoms with E-state index in [1.165, 1.54) is 18.4 Å². The van der Waals surface area contributed by atoms with E-state index in [1.807, 2.05) is 0 Å². The number of halogens is 6. The van der Waals surface area contributed by atoms with Crippen molar-refractivity contribution in [3.63, 3.8) is 0 Å². The van der Waals surface area contributed by atoms with Crippen molar-refractivity contribution >= 4 is 55.0 Å². The van der Waals surface area contributed by atoms with Crippen molar-refractivity contribution in [2.24, 2.45) is 5.73 Å². The first kappa shape index (κ1) is 26.3. The molecule has 0 bridgehead atoms. The lowest BCUT2D eigenvalue weighted by atomic mass is 10.1. The molecule has 0 unspecified atom stereocenters. The Morgan fingerprint density at radius 2 is 2.05 bits per heavy atom. The van der Waals surface area contributed by atoms with Crippen LogP contribution in [-0.4, -0.2) is 26.6 Å². The minimum absolute atomic E-state index is 0.0279. The number of carbonyl (C=O) groups excluding carboxylic acids is 2. The Kier molecular flexibility index (Phi) is 6.75. The molecule has 0 aliphatic heterocycles. The fourth-order valence-corrected chi connectivity index (χ4v) is 5.96. The normalized spacial score (nSPS) is 14.0. The second-order valence-electron chi connectivity index (χ2n) is 8.56. The number of thiophene rings is 1. The Balaban J connectivity index is 1.49. The lowest BCUT2D eigenvalue weighted by Gasteiger charge is -2.10. The van der Waals surface area contributed by atoms with Gasteiger partial charge in [-0.1, -0.05) is 0 Å². The summed E-state index contributed by atoms with van der Waals surface area (Å²) in [5, 5.41) is 6.44. The molecular formula is C23H17BrF5N5O3S. The van der Waals surface area contributed by atoms with Gasteiger partial charge in [0, 0.05) is 23.3 Å². The highest BCUT2D eigenvalue weighted by Crippen LogP contribution is 2.47. The van der Waals surface area contributed by atoms with Gasteiger partial charge in [0.2, 0.25) is 5.91 Å². The molecule has 0 spiro atoms. The molecule has 4 heterocycles. The molecule has 38 heavy (non-hydrogen) atoms. The van der Waals surface area contributed by atoms with Crippen molar-refractivity contribution in [2.45, 2.75) is 44.3 Å². The second-order valence-corrected chi connectivity index (χ2v) is 10.4. The summed E-state index contributed by atoms with van der Waals surface area (Å²) in [4.78, 5) is 29.0. The number of nitrogens with zero attached hydrogens (tertiary/aromatic N) is 3. The third-order valence-corrected chi connectivity index (χ3v) is 7.78. The van der Waals surface area contributed by atoms with Crippen LogP contribution in [0.3, 0.4) is 0 Å². The summed E-state index contributed by atoms with van der Waals surface area (Å²) in [7, 11) is 0. The SMILES string of the molecule is NC(=O)c1sc2nc(C(F)F)cc(-c3ccco3)c2c1NC(=O)CCn1nc(C(F)(F)F)c(Br)c1C1CC1. The number of nitrogens with two attached hydrogens (primary N) is 1. The summed E-state index contributed by atoms with van der Waals surface area (Å²) in [6.45, 7) is -0.168. The number of anilines is 1. The largest absolute Gasteiger partial charge is 0.464 e. The van der Waals surface area contributed by atoms with Crippen molar-refractivity contribution in [1.82, 2.24) is 14.8 Å². The summed E-state index contributed by atoms with van der Waals surface area (Å²) in [5.74, 6) is -1.48. The van der Waals surface area contributed by atoms with E-state index in [4.69, 9.17) is 10.2 Å². The Morgan fingerprint density at radius 1 is 1.32 bits per heavy atom. The zero-order chi connectivity index (χ0) is 27.4. The highest BCUT2D eigenvalue weighted by molar-refractivity contribution is 9.10. The molecule has 4 aromatic rings. The first-order valence-corrected chi connectivity index (χ1v) is 12.8. The van der Waals surface area contributed by atoms with Crippen molar-refractivity contribution in [2.75, 3.05) is 5.32 Å². The van der Waals surface area contributed by atoms with Crippen LogP contribution >= 0.6 is 27.3 Å². The average molecular weight is 618 g/mol. The summed E-state index contributed by atoms with van der Waals surface area (Å²) in [5.41, 5.74) is 4.37. The van der Waals surface area contributed by atoms with Gasteiger partial charge < -0.3 is 15.5 Å². The highest BCUT2D eigenvalue weighted by Gasteiger charge is 2.41. The number of nitrogens with one attached hydrogen (secondary N) is 1. The number of fused-ring (bicyclic) bond motifs is 1. The van der Waals surface area contributed by atoms with Gasteiger partial charge >= 0.3 is 6.18 Å². The maximum Gasteiger partial charge on any atom is 0.436 e. The minimum atomic E-state index is -4.67. The fraction of sp³-hybridized carbons (Fsp3) is 0.304. The van der Waals surface area contributed by atoms with E-state index in [-0.39, 0.29) is 55.5 Å². The van der Waals surface area contributed by atoms with Gasteiger partial charge in [0.25, 0.3) is 12.3 Å². The zero-order valence-corrected chi connectivity index (χ0v) is 21.5. The van der Waals surface area contributed by atoms with Gasteiger partial charge in [-0.05, 0) is 47.0 Å². The molecule has 1 aliphatic rings. The molecule has 1 aliphatic carbocycles. The molecule has 4 aromatic heterocycles. The van der Waals surface area contributed by atoms with Crippen LogP contribution in [0.4, 0.5) is 27.6 Å². The van der Waals surface area contributed by atoms with Gasteiger partial charge in [-0.15, -0.1) is 11.3 Å². The van der Waals surface area contributed by atoms with Crippen molar-refractivity contribution in [3.8, 4) is 11.3 Å². The van der Waals surface area contributed by atoms with E-state index in [9.17, 15) is 31.5 Å². The molecule has 0 saturated heterocycles. The molecule has 0 atom stereocenters. The summed E-state index contributed by atoms with van der Waals surface area (Å²) >= 11 is 3.74. The molecule has 5 rings (SSSR count). The number of pyridine rings is 1. The van der Waals surface area contributed by atoms with Gasteiger partial charge in [-0.2, -0.15) is 18.3 Å². The first-order valence-electron chi connectivity index (χ1n) is 11.2. The molecule has 200 valence electrons.